The van der Waals surface area contributed by atoms with E-state index in [0.717, 1.165) is 18.5 Å². The highest BCUT2D eigenvalue weighted by Crippen LogP contribution is 2.28. The van der Waals surface area contributed by atoms with Gasteiger partial charge in [0.2, 0.25) is 10.0 Å². The van der Waals surface area contributed by atoms with Gasteiger partial charge in [0.25, 0.3) is 0 Å². The minimum Gasteiger partial charge on any atom is -0.346 e. The Morgan fingerprint density at radius 3 is 2.48 bits per heavy atom. The molecule has 0 aliphatic heterocycles. The maximum atomic E-state index is 12.3. The van der Waals surface area contributed by atoms with Crippen LogP contribution in [0, 0.1) is 5.92 Å². The second-order valence-electron chi connectivity index (χ2n) is 6.50. The Kier molecular flexibility index (Phi) is 5.11. The van der Waals surface area contributed by atoms with E-state index in [0.29, 0.717) is 29.9 Å². The second kappa shape index (κ2) is 6.50. The van der Waals surface area contributed by atoms with Gasteiger partial charge in [-0.1, -0.05) is 13.8 Å². The van der Waals surface area contributed by atoms with Gasteiger partial charge >= 0.3 is 0 Å². The molecule has 1 saturated carbocycles. The van der Waals surface area contributed by atoms with E-state index in [2.05, 4.69) is 37.7 Å². The molecule has 1 aliphatic rings. The number of hydrogen-bond acceptors (Lipinski definition) is 3. The molecule has 0 saturated heterocycles. The van der Waals surface area contributed by atoms with Crippen LogP contribution in [0.2, 0.25) is 0 Å². The van der Waals surface area contributed by atoms with Crippen molar-refractivity contribution in [3.8, 4) is 0 Å². The summed E-state index contributed by atoms with van der Waals surface area (Å²) in [5.41, 5.74) is 1.01. The number of aromatic nitrogens is 1. The molecule has 0 radical (unpaired) electrons. The fraction of sp³-hybridized carbons (Fsp3) is 0.733. The molecule has 2 N–H and O–H groups in total. The Labute approximate surface area is 128 Å². The van der Waals surface area contributed by atoms with Crippen LogP contribution >= 0.6 is 0 Å². The zero-order valence-electron chi connectivity index (χ0n) is 13.4. The van der Waals surface area contributed by atoms with Crippen molar-refractivity contribution >= 4 is 10.0 Å². The van der Waals surface area contributed by atoms with Crippen LogP contribution in [0.1, 0.15) is 52.3 Å². The van der Waals surface area contributed by atoms with Gasteiger partial charge in [-0.05, 0) is 38.7 Å². The Bertz CT molecular complexity index is 572. The van der Waals surface area contributed by atoms with Gasteiger partial charge in [-0.3, -0.25) is 0 Å². The molecule has 0 unspecified atom stereocenters. The molecule has 1 aromatic heterocycles. The normalized spacial score (nSPS) is 16.1. The molecule has 1 aromatic rings. The number of nitrogens with one attached hydrogen (secondary N) is 2. The smallest absolute Gasteiger partial charge is 0.242 e. The highest BCUT2D eigenvalue weighted by Gasteiger charge is 2.25. The summed E-state index contributed by atoms with van der Waals surface area (Å²) in [6.45, 7) is 9.53. The highest BCUT2D eigenvalue weighted by molar-refractivity contribution is 7.89. The quantitative estimate of drug-likeness (QED) is 0.774. The van der Waals surface area contributed by atoms with Gasteiger partial charge < -0.3 is 9.88 Å². The Morgan fingerprint density at radius 2 is 1.95 bits per heavy atom. The van der Waals surface area contributed by atoms with Crippen molar-refractivity contribution in [1.29, 1.82) is 0 Å². The van der Waals surface area contributed by atoms with Crippen molar-refractivity contribution in [3.05, 3.63) is 18.0 Å². The molecule has 1 fully saturated rings. The van der Waals surface area contributed by atoms with Crippen molar-refractivity contribution in [1.82, 2.24) is 14.6 Å². The fourth-order valence-corrected chi connectivity index (χ4v) is 3.37. The Balaban J connectivity index is 2.16. The minimum absolute atomic E-state index is 0.237. The van der Waals surface area contributed by atoms with Crippen molar-refractivity contribution in [2.45, 2.75) is 64.1 Å². The van der Waals surface area contributed by atoms with E-state index in [1.807, 2.05) is 4.57 Å². The van der Waals surface area contributed by atoms with Crippen LogP contribution in [0.15, 0.2) is 17.2 Å². The molecule has 1 heterocycles. The van der Waals surface area contributed by atoms with Crippen LogP contribution in [0.5, 0.6) is 0 Å². The summed E-state index contributed by atoms with van der Waals surface area (Å²) in [5, 5.41) is 3.35. The third kappa shape index (κ3) is 4.56. The lowest BCUT2D eigenvalue weighted by molar-refractivity contribution is 0.525. The molecular formula is C15H27N3O2S. The van der Waals surface area contributed by atoms with Gasteiger partial charge in [-0.2, -0.15) is 0 Å². The first kappa shape index (κ1) is 16.5. The van der Waals surface area contributed by atoms with Crippen LogP contribution in [-0.2, 0) is 16.6 Å². The predicted octanol–water partition coefficient (Wildman–Crippen LogP) is 2.26. The zero-order chi connectivity index (χ0) is 15.6. The van der Waals surface area contributed by atoms with Gasteiger partial charge in [0.15, 0.2) is 0 Å². The molecule has 120 valence electrons. The topological polar surface area (TPSA) is 63.1 Å². The van der Waals surface area contributed by atoms with Gasteiger partial charge in [0, 0.05) is 37.1 Å². The lowest BCUT2D eigenvalue weighted by atomic mass is 10.3. The van der Waals surface area contributed by atoms with E-state index in [9.17, 15) is 8.42 Å². The van der Waals surface area contributed by atoms with Crippen LogP contribution in [0.3, 0.4) is 0 Å². The monoisotopic (exact) mass is 313 g/mol. The molecule has 0 amide bonds. The van der Waals surface area contributed by atoms with Crippen molar-refractivity contribution in [2.75, 3.05) is 6.54 Å². The maximum absolute atomic E-state index is 12.3. The molecule has 5 nitrogen and oxygen atoms in total. The summed E-state index contributed by atoms with van der Waals surface area (Å²) in [7, 11) is -3.39. The van der Waals surface area contributed by atoms with Gasteiger partial charge in [0.05, 0.1) is 4.90 Å². The lowest BCUT2D eigenvalue weighted by Gasteiger charge is -2.14. The van der Waals surface area contributed by atoms with E-state index < -0.39 is 10.0 Å². The number of rotatable bonds is 8. The van der Waals surface area contributed by atoms with Crippen LogP contribution in [-0.4, -0.2) is 25.6 Å². The van der Waals surface area contributed by atoms with E-state index in [1.54, 1.807) is 12.3 Å². The molecule has 1 aliphatic carbocycles. The molecule has 0 bridgehead atoms. The van der Waals surface area contributed by atoms with E-state index in [1.165, 1.54) is 0 Å². The van der Waals surface area contributed by atoms with Crippen molar-refractivity contribution in [2.24, 2.45) is 5.92 Å². The average Bonchev–Trinajstić information content (AvgIpc) is 3.11. The molecule has 6 heteroatoms. The fourth-order valence-electron chi connectivity index (χ4n) is 2.21. The number of sulfonamides is 1. The number of hydrogen-bond donors (Lipinski definition) is 2. The summed E-state index contributed by atoms with van der Waals surface area (Å²) in [6, 6.07) is 2.39. The average molecular weight is 313 g/mol. The molecule has 0 atom stereocenters. The Morgan fingerprint density at radius 1 is 1.29 bits per heavy atom. The van der Waals surface area contributed by atoms with Crippen LogP contribution in [0.4, 0.5) is 0 Å². The summed E-state index contributed by atoms with van der Waals surface area (Å²) in [6.07, 6.45) is 4.02. The molecule has 0 spiro atoms. The molecule has 2 rings (SSSR count). The minimum atomic E-state index is -3.39. The summed E-state index contributed by atoms with van der Waals surface area (Å²) in [4.78, 5) is 0.373. The summed E-state index contributed by atoms with van der Waals surface area (Å²) >= 11 is 0. The largest absolute Gasteiger partial charge is 0.346 e. The van der Waals surface area contributed by atoms with Crippen molar-refractivity contribution in [3.63, 3.8) is 0 Å². The molecule has 21 heavy (non-hydrogen) atoms. The summed E-state index contributed by atoms with van der Waals surface area (Å²) < 4.78 is 29.4. The molecular weight excluding hydrogens is 286 g/mol. The molecule has 0 aromatic carbocycles. The first-order chi connectivity index (χ1) is 9.79. The highest BCUT2D eigenvalue weighted by atomic mass is 32.2. The van der Waals surface area contributed by atoms with Crippen LogP contribution < -0.4 is 10.0 Å². The van der Waals surface area contributed by atoms with E-state index >= 15 is 0 Å². The standard InChI is InChI=1S/C15H27N3O2S/c1-11(2)16-9-14-7-15(10-18(14)12(3)4)21(19,20)17-8-13-5-6-13/h7,10-13,16-17H,5-6,8-9H2,1-4H3. The first-order valence-corrected chi connectivity index (χ1v) is 9.21. The lowest BCUT2D eigenvalue weighted by Crippen LogP contribution is -2.25. The second-order valence-corrected chi connectivity index (χ2v) is 8.27. The zero-order valence-corrected chi connectivity index (χ0v) is 14.2. The predicted molar refractivity (Wildman–Crippen MR) is 84.7 cm³/mol. The van der Waals surface area contributed by atoms with Crippen molar-refractivity contribution < 1.29 is 8.42 Å². The summed E-state index contributed by atoms with van der Waals surface area (Å²) in [5.74, 6) is 0.536. The van der Waals surface area contributed by atoms with Crippen LogP contribution in [0.25, 0.3) is 0 Å². The van der Waals surface area contributed by atoms with Gasteiger partial charge in [0.1, 0.15) is 0 Å². The number of nitrogens with zero attached hydrogens (tertiary/aromatic N) is 1. The van der Waals surface area contributed by atoms with E-state index in [-0.39, 0.29) is 6.04 Å². The van der Waals surface area contributed by atoms with Gasteiger partial charge in [-0.15, -0.1) is 0 Å². The first-order valence-electron chi connectivity index (χ1n) is 7.73. The third-order valence-electron chi connectivity index (χ3n) is 3.72. The van der Waals surface area contributed by atoms with Gasteiger partial charge in [-0.25, -0.2) is 13.1 Å². The Hall–Kier alpha value is -0.850. The third-order valence-corrected chi connectivity index (χ3v) is 5.11. The van der Waals surface area contributed by atoms with E-state index in [4.69, 9.17) is 0 Å². The maximum Gasteiger partial charge on any atom is 0.242 e. The SMILES string of the molecule is CC(C)NCc1cc(S(=O)(=O)NCC2CC2)cn1C(C)C.